The van der Waals surface area contributed by atoms with Gasteiger partial charge in [0.2, 0.25) is 0 Å². The summed E-state index contributed by atoms with van der Waals surface area (Å²) < 4.78 is 0. The molecule has 0 spiro atoms. The quantitative estimate of drug-likeness (QED) is 0.934. The first-order chi connectivity index (χ1) is 9.60. The average molecular weight is 285 g/mol. The zero-order chi connectivity index (χ0) is 14.5. The van der Waals surface area contributed by atoms with Crippen molar-refractivity contribution in [1.29, 1.82) is 5.26 Å². The van der Waals surface area contributed by atoms with Gasteiger partial charge in [-0.3, -0.25) is 4.79 Å². The van der Waals surface area contributed by atoms with E-state index in [1.807, 2.05) is 31.2 Å². The first-order valence-corrected chi connectivity index (χ1v) is 6.54. The molecule has 0 aliphatic heterocycles. The van der Waals surface area contributed by atoms with Gasteiger partial charge in [0.1, 0.15) is 0 Å². The van der Waals surface area contributed by atoms with Crippen molar-refractivity contribution >= 4 is 17.5 Å². The van der Waals surface area contributed by atoms with Gasteiger partial charge in [0.25, 0.3) is 5.91 Å². The van der Waals surface area contributed by atoms with Crippen LogP contribution in [0, 0.1) is 11.3 Å². The molecule has 2 rings (SSSR count). The van der Waals surface area contributed by atoms with Crippen molar-refractivity contribution < 1.29 is 4.79 Å². The summed E-state index contributed by atoms with van der Waals surface area (Å²) in [5.74, 6) is -0.213. The second-order valence-electron chi connectivity index (χ2n) is 4.44. The van der Waals surface area contributed by atoms with Crippen LogP contribution in [0.2, 0.25) is 5.02 Å². The van der Waals surface area contributed by atoms with Crippen LogP contribution in [0.1, 0.15) is 34.5 Å². The highest BCUT2D eigenvalue weighted by molar-refractivity contribution is 6.30. The van der Waals surface area contributed by atoms with Crippen molar-refractivity contribution in [3.05, 3.63) is 70.2 Å². The molecule has 2 aromatic carbocycles. The molecule has 1 atom stereocenters. The zero-order valence-corrected chi connectivity index (χ0v) is 11.7. The van der Waals surface area contributed by atoms with Gasteiger partial charge in [-0.2, -0.15) is 5.26 Å². The molecular weight excluding hydrogens is 272 g/mol. The van der Waals surface area contributed by atoms with E-state index in [2.05, 4.69) is 5.32 Å². The molecule has 0 unspecified atom stereocenters. The Kier molecular flexibility index (Phi) is 4.39. The number of carbonyl (C=O) groups is 1. The summed E-state index contributed by atoms with van der Waals surface area (Å²) in [7, 11) is 0. The first-order valence-electron chi connectivity index (χ1n) is 6.16. The van der Waals surface area contributed by atoms with Crippen molar-refractivity contribution in [2.24, 2.45) is 0 Å². The van der Waals surface area contributed by atoms with Crippen LogP contribution in [0.25, 0.3) is 0 Å². The number of hydrogen-bond acceptors (Lipinski definition) is 2. The monoisotopic (exact) mass is 284 g/mol. The third-order valence-electron chi connectivity index (χ3n) is 2.95. The highest BCUT2D eigenvalue weighted by atomic mass is 35.5. The van der Waals surface area contributed by atoms with Crippen molar-refractivity contribution in [1.82, 2.24) is 5.32 Å². The number of nitrogens with zero attached hydrogens (tertiary/aromatic N) is 1. The highest BCUT2D eigenvalue weighted by Gasteiger charge is 2.12. The Bertz CT molecular complexity index is 676. The first kappa shape index (κ1) is 14.1. The van der Waals surface area contributed by atoms with Crippen LogP contribution in [-0.4, -0.2) is 5.91 Å². The number of benzene rings is 2. The second kappa shape index (κ2) is 6.23. The molecule has 0 aliphatic carbocycles. The van der Waals surface area contributed by atoms with E-state index in [4.69, 9.17) is 16.9 Å². The number of amides is 1. The minimum atomic E-state index is -0.213. The molecule has 0 saturated carbocycles. The number of halogens is 1. The summed E-state index contributed by atoms with van der Waals surface area (Å²) in [6.07, 6.45) is 0. The Morgan fingerprint density at radius 3 is 2.70 bits per heavy atom. The lowest BCUT2D eigenvalue weighted by atomic mass is 10.1. The van der Waals surface area contributed by atoms with Gasteiger partial charge in [-0.15, -0.1) is 0 Å². The van der Waals surface area contributed by atoms with Gasteiger partial charge in [-0.05, 0) is 42.8 Å². The molecule has 0 heterocycles. The minimum Gasteiger partial charge on any atom is -0.346 e. The van der Waals surface area contributed by atoms with Crippen LogP contribution in [-0.2, 0) is 0 Å². The van der Waals surface area contributed by atoms with Gasteiger partial charge in [-0.1, -0.05) is 29.8 Å². The fraction of sp³-hybridized carbons (Fsp3) is 0.125. The van der Waals surface area contributed by atoms with E-state index in [1.165, 1.54) is 0 Å². The third kappa shape index (κ3) is 3.37. The summed E-state index contributed by atoms with van der Waals surface area (Å²) in [5.41, 5.74) is 1.87. The predicted molar refractivity (Wildman–Crippen MR) is 78.5 cm³/mol. The lowest BCUT2D eigenvalue weighted by molar-refractivity contribution is 0.0940. The van der Waals surface area contributed by atoms with E-state index >= 15 is 0 Å². The van der Waals surface area contributed by atoms with Gasteiger partial charge in [0.15, 0.2) is 0 Å². The van der Waals surface area contributed by atoms with Gasteiger partial charge >= 0.3 is 0 Å². The Labute approximate surface area is 122 Å². The summed E-state index contributed by atoms with van der Waals surface area (Å²) in [5, 5.41) is 12.4. The number of hydrogen-bond donors (Lipinski definition) is 1. The Balaban J connectivity index is 2.13. The maximum Gasteiger partial charge on any atom is 0.251 e. The van der Waals surface area contributed by atoms with E-state index in [0.717, 1.165) is 5.56 Å². The van der Waals surface area contributed by atoms with E-state index in [-0.39, 0.29) is 11.9 Å². The molecule has 0 aromatic heterocycles. The fourth-order valence-corrected chi connectivity index (χ4v) is 2.07. The van der Waals surface area contributed by atoms with Crippen LogP contribution in [0.5, 0.6) is 0 Å². The van der Waals surface area contributed by atoms with Crippen LogP contribution >= 0.6 is 11.6 Å². The maximum absolute atomic E-state index is 12.1. The number of carbonyl (C=O) groups excluding carboxylic acids is 1. The third-order valence-corrected chi connectivity index (χ3v) is 3.19. The van der Waals surface area contributed by atoms with Crippen LogP contribution in [0.15, 0.2) is 48.5 Å². The highest BCUT2D eigenvalue weighted by Crippen LogP contribution is 2.18. The Hall–Kier alpha value is -2.31. The Morgan fingerprint density at radius 1 is 1.25 bits per heavy atom. The molecule has 1 N–H and O–H groups in total. The topological polar surface area (TPSA) is 52.9 Å². The van der Waals surface area contributed by atoms with E-state index < -0.39 is 0 Å². The smallest absolute Gasteiger partial charge is 0.251 e. The number of rotatable bonds is 3. The molecule has 2 aromatic rings. The summed E-state index contributed by atoms with van der Waals surface area (Å²) >= 11 is 5.93. The minimum absolute atomic E-state index is 0.160. The summed E-state index contributed by atoms with van der Waals surface area (Å²) in [6.45, 7) is 1.89. The van der Waals surface area contributed by atoms with Gasteiger partial charge in [0.05, 0.1) is 17.7 Å². The zero-order valence-electron chi connectivity index (χ0n) is 10.9. The van der Waals surface area contributed by atoms with Gasteiger partial charge in [0, 0.05) is 10.6 Å². The van der Waals surface area contributed by atoms with E-state index in [1.54, 1.807) is 30.3 Å². The van der Waals surface area contributed by atoms with Gasteiger partial charge in [-0.25, -0.2) is 0 Å². The van der Waals surface area contributed by atoms with Crippen LogP contribution in [0.4, 0.5) is 0 Å². The fourth-order valence-electron chi connectivity index (χ4n) is 1.87. The molecular formula is C16H13ClN2O. The molecule has 20 heavy (non-hydrogen) atoms. The lowest BCUT2D eigenvalue weighted by Gasteiger charge is -2.14. The molecule has 0 bridgehead atoms. The molecule has 100 valence electrons. The predicted octanol–water partition coefficient (Wildman–Crippen LogP) is 3.70. The molecule has 3 nitrogen and oxygen atoms in total. The van der Waals surface area contributed by atoms with E-state index in [0.29, 0.717) is 16.1 Å². The molecule has 4 heteroatoms. The Morgan fingerprint density at radius 2 is 2.00 bits per heavy atom. The molecule has 1 amide bonds. The number of nitrogens with one attached hydrogen (secondary N) is 1. The lowest BCUT2D eigenvalue weighted by Crippen LogP contribution is -2.26. The summed E-state index contributed by atoms with van der Waals surface area (Å²) in [6, 6.07) is 15.8. The molecule has 0 fully saturated rings. The van der Waals surface area contributed by atoms with Crippen LogP contribution in [0.3, 0.4) is 0 Å². The van der Waals surface area contributed by atoms with Crippen LogP contribution < -0.4 is 5.32 Å². The molecule has 0 aliphatic rings. The van der Waals surface area contributed by atoms with E-state index in [9.17, 15) is 4.79 Å². The van der Waals surface area contributed by atoms with Gasteiger partial charge < -0.3 is 5.32 Å². The second-order valence-corrected chi connectivity index (χ2v) is 4.88. The SMILES string of the molecule is C[C@H](NC(=O)c1cccc(C#N)c1)c1cccc(Cl)c1. The van der Waals surface area contributed by atoms with Crippen molar-refractivity contribution in [3.8, 4) is 6.07 Å². The van der Waals surface area contributed by atoms with Crippen molar-refractivity contribution in [3.63, 3.8) is 0 Å². The van der Waals surface area contributed by atoms with Crippen molar-refractivity contribution in [2.45, 2.75) is 13.0 Å². The average Bonchev–Trinajstić information content (AvgIpc) is 2.47. The maximum atomic E-state index is 12.1. The molecule has 0 radical (unpaired) electrons. The standard InChI is InChI=1S/C16H13ClN2O/c1-11(13-5-3-7-15(17)9-13)19-16(20)14-6-2-4-12(8-14)10-18/h2-9,11H,1H3,(H,19,20)/t11-/m0/s1. The largest absolute Gasteiger partial charge is 0.346 e. The molecule has 0 saturated heterocycles. The normalized spacial score (nSPS) is 11.4. The number of nitriles is 1. The van der Waals surface area contributed by atoms with Crippen molar-refractivity contribution in [2.75, 3.05) is 0 Å². The summed E-state index contributed by atoms with van der Waals surface area (Å²) in [4.78, 5) is 12.1.